The van der Waals surface area contributed by atoms with Crippen molar-refractivity contribution in [3.05, 3.63) is 0 Å². The van der Waals surface area contributed by atoms with Crippen LogP contribution in [0.15, 0.2) is 0 Å². The van der Waals surface area contributed by atoms with Crippen molar-refractivity contribution in [2.45, 2.75) is 26.4 Å². The molecule has 0 bridgehead atoms. The highest BCUT2D eigenvalue weighted by Crippen LogP contribution is 2.30. The fraction of sp³-hybridized carbons (Fsp3) is 0.778. The molecule has 0 aliphatic carbocycles. The molecule has 0 aromatic rings. The van der Waals surface area contributed by atoms with Crippen LogP contribution in [0, 0.1) is 5.41 Å². The lowest BCUT2D eigenvalue weighted by atomic mass is 9.84. The summed E-state index contributed by atoms with van der Waals surface area (Å²) in [6, 6.07) is 0. The predicted octanol–water partition coefficient (Wildman–Crippen LogP) is 1.63. The minimum Gasteiger partial charge on any atom is -0.450 e. The van der Waals surface area contributed by atoms with Crippen molar-refractivity contribution >= 4 is 12.3 Å². The van der Waals surface area contributed by atoms with E-state index >= 15 is 0 Å². The first-order valence-corrected chi connectivity index (χ1v) is 4.67. The van der Waals surface area contributed by atoms with E-state index in [-0.39, 0.29) is 13.2 Å². The molecule has 1 aliphatic rings. The van der Waals surface area contributed by atoms with Gasteiger partial charge in [0.25, 0.3) is 0 Å². The van der Waals surface area contributed by atoms with Crippen molar-refractivity contribution in [2.75, 3.05) is 13.2 Å². The van der Waals surface area contributed by atoms with Crippen LogP contribution in [0.2, 0.25) is 0 Å². The first-order valence-electron chi connectivity index (χ1n) is 4.67. The van der Waals surface area contributed by atoms with Crippen LogP contribution in [0.1, 0.15) is 20.3 Å². The topological polar surface area (TPSA) is 82.1 Å². The Morgan fingerprint density at radius 3 is 2.53 bits per heavy atom. The third kappa shape index (κ3) is 2.74. The Hall–Kier alpha value is -1.46. The van der Waals surface area contributed by atoms with Crippen LogP contribution in [0.3, 0.4) is 0 Å². The predicted molar refractivity (Wildman–Crippen MR) is 48.6 cm³/mol. The van der Waals surface area contributed by atoms with E-state index in [1.807, 2.05) is 0 Å². The molecule has 1 atom stereocenters. The number of hydrogen-bond acceptors (Lipinski definition) is 5. The van der Waals surface area contributed by atoms with Crippen molar-refractivity contribution in [2.24, 2.45) is 5.41 Å². The van der Waals surface area contributed by atoms with Gasteiger partial charge in [0, 0.05) is 0 Å². The fourth-order valence-corrected chi connectivity index (χ4v) is 1.56. The van der Waals surface area contributed by atoms with Gasteiger partial charge in [-0.1, -0.05) is 6.92 Å². The molecule has 1 unspecified atom stereocenters. The van der Waals surface area contributed by atoms with Crippen LogP contribution in [0.4, 0.5) is 9.59 Å². The molecule has 0 amide bonds. The number of hydrogen-bond donors (Lipinski definition) is 1. The van der Waals surface area contributed by atoms with Gasteiger partial charge in [0.2, 0.25) is 0 Å². The maximum atomic E-state index is 10.7. The normalized spacial score (nSPS) is 21.1. The van der Waals surface area contributed by atoms with Gasteiger partial charge < -0.3 is 19.3 Å². The summed E-state index contributed by atoms with van der Waals surface area (Å²) in [5.74, 6) is 0. The van der Waals surface area contributed by atoms with E-state index in [9.17, 15) is 9.59 Å². The van der Waals surface area contributed by atoms with Crippen LogP contribution in [-0.2, 0) is 14.2 Å². The molecule has 0 aromatic carbocycles. The standard InChI is InChI=1S/C9H14O6/c1-3-6(15-7(10)11)9(2)4-13-8(12)14-5-9/h6H,3-5H2,1-2H3,(H,10,11). The van der Waals surface area contributed by atoms with Gasteiger partial charge in [-0.25, -0.2) is 9.59 Å². The molecule has 15 heavy (non-hydrogen) atoms. The van der Waals surface area contributed by atoms with Gasteiger partial charge in [0.05, 0.1) is 5.41 Å². The lowest BCUT2D eigenvalue weighted by Gasteiger charge is -2.37. The molecule has 1 saturated heterocycles. The van der Waals surface area contributed by atoms with Crippen molar-refractivity contribution in [3.63, 3.8) is 0 Å². The SMILES string of the molecule is CCC(OC(=O)O)C1(C)COC(=O)OC1. The smallest absolute Gasteiger partial charge is 0.450 e. The Balaban J connectivity index is 2.65. The van der Waals surface area contributed by atoms with Gasteiger partial charge in [-0.3, -0.25) is 0 Å². The monoisotopic (exact) mass is 218 g/mol. The van der Waals surface area contributed by atoms with E-state index in [1.165, 1.54) is 0 Å². The van der Waals surface area contributed by atoms with Crippen molar-refractivity contribution in [3.8, 4) is 0 Å². The summed E-state index contributed by atoms with van der Waals surface area (Å²) in [6.45, 7) is 3.78. The average Bonchev–Trinajstić information content (AvgIpc) is 2.19. The lowest BCUT2D eigenvalue weighted by Crippen LogP contribution is -2.47. The Morgan fingerprint density at radius 1 is 1.60 bits per heavy atom. The highest BCUT2D eigenvalue weighted by atomic mass is 16.7. The summed E-state index contributed by atoms with van der Waals surface area (Å²) >= 11 is 0. The zero-order chi connectivity index (χ0) is 11.5. The molecular formula is C9H14O6. The molecule has 1 heterocycles. The second-order valence-corrected chi connectivity index (χ2v) is 3.76. The summed E-state index contributed by atoms with van der Waals surface area (Å²) in [5.41, 5.74) is -0.610. The molecule has 1 aliphatic heterocycles. The average molecular weight is 218 g/mol. The minimum absolute atomic E-state index is 0.109. The summed E-state index contributed by atoms with van der Waals surface area (Å²) in [4.78, 5) is 21.1. The van der Waals surface area contributed by atoms with Crippen molar-refractivity contribution < 1.29 is 28.9 Å². The van der Waals surface area contributed by atoms with E-state index in [4.69, 9.17) is 19.3 Å². The van der Waals surface area contributed by atoms with E-state index < -0.39 is 23.8 Å². The van der Waals surface area contributed by atoms with E-state index in [2.05, 4.69) is 0 Å². The van der Waals surface area contributed by atoms with Crippen LogP contribution in [-0.4, -0.2) is 36.7 Å². The molecule has 0 saturated carbocycles. The highest BCUT2D eigenvalue weighted by molar-refractivity contribution is 5.61. The number of cyclic esters (lactones) is 2. The van der Waals surface area contributed by atoms with Gasteiger partial charge in [0.1, 0.15) is 19.3 Å². The maximum Gasteiger partial charge on any atom is 0.508 e. The lowest BCUT2D eigenvalue weighted by molar-refractivity contribution is -0.112. The number of carbonyl (C=O) groups is 2. The first-order chi connectivity index (χ1) is 6.98. The second kappa shape index (κ2) is 4.37. The second-order valence-electron chi connectivity index (χ2n) is 3.76. The van der Waals surface area contributed by atoms with E-state index in [1.54, 1.807) is 13.8 Å². The summed E-state index contributed by atoms with van der Waals surface area (Å²) < 4.78 is 14.2. The quantitative estimate of drug-likeness (QED) is 0.725. The minimum atomic E-state index is -1.33. The number of carboxylic acid groups (broad SMARTS) is 1. The number of rotatable bonds is 3. The zero-order valence-electron chi connectivity index (χ0n) is 8.69. The first kappa shape index (κ1) is 11.6. The Bertz CT molecular complexity index is 251. The molecule has 1 rings (SSSR count). The number of ether oxygens (including phenoxy) is 3. The van der Waals surface area contributed by atoms with Gasteiger partial charge in [-0.05, 0) is 13.3 Å². The number of carbonyl (C=O) groups excluding carboxylic acids is 1. The van der Waals surface area contributed by atoms with Gasteiger partial charge in [-0.15, -0.1) is 0 Å². The Morgan fingerprint density at radius 2 is 2.13 bits per heavy atom. The Kier molecular flexibility index (Phi) is 3.39. The molecule has 86 valence electrons. The van der Waals surface area contributed by atoms with Crippen LogP contribution in [0.25, 0.3) is 0 Å². The van der Waals surface area contributed by atoms with E-state index in [0.29, 0.717) is 6.42 Å². The molecule has 0 spiro atoms. The molecule has 6 heteroatoms. The molecule has 1 N–H and O–H groups in total. The molecule has 6 nitrogen and oxygen atoms in total. The highest BCUT2D eigenvalue weighted by Gasteiger charge is 2.42. The van der Waals surface area contributed by atoms with Crippen LogP contribution < -0.4 is 0 Å². The summed E-state index contributed by atoms with van der Waals surface area (Å²) in [6.07, 6.45) is -2.09. The van der Waals surface area contributed by atoms with Crippen LogP contribution in [0.5, 0.6) is 0 Å². The fourth-order valence-electron chi connectivity index (χ4n) is 1.56. The molecule has 0 aromatic heterocycles. The van der Waals surface area contributed by atoms with Gasteiger partial charge in [0.15, 0.2) is 0 Å². The van der Waals surface area contributed by atoms with Gasteiger partial charge in [-0.2, -0.15) is 0 Å². The van der Waals surface area contributed by atoms with E-state index in [0.717, 1.165) is 0 Å². The van der Waals surface area contributed by atoms with Gasteiger partial charge >= 0.3 is 12.3 Å². The summed E-state index contributed by atoms with van der Waals surface area (Å²) in [5, 5.41) is 8.54. The third-order valence-electron chi connectivity index (χ3n) is 2.43. The Labute approximate surface area is 87.1 Å². The van der Waals surface area contributed by atoms with Crippen molar-refractivity contribution in [1.29, 1.82) is 0 Å². The maximum absolute atomic E-state index is 10.7. The largest absolute Gasteiger partial charge is 0.508 e. The van der Waals surface area contributed by atoms with Crippen molar-refractivity contribution in [1.82, 2.24) is 0 Å². The molecule has 0 radical (unpaired) electrons. The molecule has 1 fully saturated rings. The summed E-state index contributed by atoms with van der Waals surface area (Å²) in [7, 11) is 0. The molecular weight excluding hydrogens is 204 g/mol. The van der Waals surface area contributed by atoms with Crippen LogP contribution >= 0.6 is 0 Å². The zero-order valence-corrected chi connectivity index (χ0v) is 8.69. The third-order valence-corrected chi connectivity index (χ3v) is 2.43.